The van der Waals surface area contributed by atoms with Gasteiger partial charge >= 0.3 is 0 Å². The zero-order chi connectivity index (χ0) is 13.1. The normalized spacial score (nSPS) is 23.0. The van der Waals surface area contributed by atoms with E-state index in [-0.39, 0.29) is 12.1 Å². The molecule has 5 nitrogen and oxygen atoms in total. The number of thiocarbonyl (C=S) groups is 1. The maximum Gasteiger partial charge on any atom is 0.223 e. The zero-order valence-electron chi connectivity index (χ0n) is 10.6. The summed E-state index contributed by atoms with van der Waals surface area (Å²) in [5, 5.41) is 3.32. The molecule has 3 N–H and O–H groups in total. The van der Waals surface area contributed by atoms with E-state index in [2.05, 4.69) is 15.3 Å². The van der Waals surface area contributed by atoms with Crippen molar-refractivity contribution in [2.24, 2.45) is 5.73 Å². The van der Waals surface area contributed by atoms with Crippen LogP contribution in [0.1, 0.15) is 30.7 Å². The summed E-state index contributed by atoms with van der Waals surface area (Å²) in [6, 6.07) is 2.05. The highest BCUT2D eigenvalue weighted by Crippen LogP contribution is 2.24. The largest absolute Gasteiger partial charge is 0.388 e. The van der Waals surface area contributed by atoms with Crippen molar-refractivity contribution in [3.05, 3.63) is 17.5 Å². The summed E-state index contributed by atoms with van der Waals surface area (Å²) in [5.41, 5.74) is 7.05. The second-order valence-electron chi connectivity index (χ2n) is 4.54. The molecule has 1 aromatic heterocycles. The molecule has 1 aliphatic carbocycles. The van der Waals surface area contributed by atoms with Gasteiger partial charge in [0, 0.05) is 12.8 Å². The molecule has 0 amide bonds. The number of anilines is 1. The van der Waals surface area contributed by atoms with Gasteiger partial charge in [0.1, 0.15) is 10.7 Å². The molecule has 1 fully saturated rings. The van der Waals surface area contributed by atoms with Crippen LogP contribution in [0.25, 0.3) is 0 Å². The van der Waals surface area contributed by atoms with E-state index in [0.717, 1.165) is 25.0 Å². The molecule has 0 bridgehead atoms. The molecule has 0 spiro atoms. The number of rotatable bonds is 4. The summed E-state index contributed by atoms with van der Waals surface area (Å²) in [4.78, 5) is 8.97. The van der Waals surface area contributed by atoms with E-state index in [4.69, 9.17) is 22.7 Å². The first-order valence-electron chi connectivity index (χ1n) is 6.05. The molecule has 1 heterocycles. The van der Waals surface area contributed by atoms with Crippen LogP contribution in [0.2, 0.25) is 0 Å². The first-order chi connectivity index (χ1) is 8.60. The van der Waals surface area contributed by atoms with E-state index in [1.807, 2.05) is 6.92 Å². The number of aromatic nitrogens is 2. The molecule has 1 aromatic rings. The van der Waals surface area contributed by atoms with Gasteiger partial charge in [-0.15, -0.1) is 0 Å². The Labute approximate surface area is 112 Å². The summed E-state index contributed by atoms with van der Waals surface area (Å²) >= 11 is 4.95. The molecule has 18 heavy (non-hydrogen) atoms. The number of nitrogens with one attached hydrogen (secondary N) is 1. The lowest BCUT2D eigenvalue weighted by molar-refractivity contribution is 0.101. The van der Waals surface area contributed by atoms with Gasteiger partial charge in [-0.05, 0) is 32.3 Å². The number of hydrogen-bond donors (Lipinski definition) is 2. The summed E-state index contributed by atoms with van der Waals surface area (Å²) < 4.78 is 5.44. The van der Waals surface area contributed by atoms with Crippen LogP contribution in [-0.4, -0.2) is 34.2 Å². The minimum atomic E-state index is 0.224. The molecule has 2 rings (SSSR count). The first kappa shape index (κ1) is 13.2. The van der Waals surface area contributed by atoms with Crippen LogP contribution < -0.4 is 11.1 Å². The third-order valence-electron chi connectivity index (χ3n) is 3.18. The average Bonchev–Trinajstić information content (AvgIpc) is 2.75. The van der Waals surface area contributed by atoms with Gasteiger partial charge < -0.3 is 15.8 Å². The Morgan fingerprint density at radius 2 is 2.28 bits per heavy atom. The SMILES string of the molecule is COC1CCCC1Nc1nc(C)cc(C(N)=S)n1. The summed E-state index contributed by atoms with van der Waals surface area (Å²) in [5.74, 6) is 0.576. The average molecular weight is 266 g/mol. The van der Waals surface area contributed by atoms with Gasteiger partial charge in [-0.1, -0.05) is 12.2 Å². The maximum absolute atomic E-state index is 5.60. The van der Waals surface area contributed by atoms with E-state index in [1.165, 1.54) is 0 Å². The van der Waals surface area contributed by atoms with E-state index in [9.17, 15) is 0 Å². The van der Waals surface area contributed by atoms with Gasteiger partial charge in [0.15, 0.2) is 0 Å². The van der Waals surface area contributed by atoms with Gasteiger partial charge in [-0.3, -0.25) is 0 Å². The Morgan fingerprint density at radius 1 is 1.50 bits per heavy atom. The quantitative estimate of drug-likeness (QED) is 0.803. The third-order valence-corrected chi connectivity index (χ3v) is 3.39. The molecular weight excluding hydrogens is 248 g/mol. The van der Waals surface area contributed by atoms with Gasteiger partial charge in [0.2, 0.25) is 5.95 Å². The van der Waals surface area contributed by atoms with Crippen molar-refractivity contribution in [2.45, 2.75) is 38.3 Å². The highest BCUT2D eigenvalue weighted by molar-refractivity contribution is 7.80. The molecule has 0 saturated heterocycles. The highest BCUT2D eigenvalue weighted by atomic mass is 32.1. The highest BCUT2D eigenvalue weighted by Gasteiger charge is 2.27. The summed E-state index contributed by atoms with van der Waals surface area (Å²) in [6.07, 6.45) is 3.52. The van der Waals surface area contributed by atoms with Crippen LogP contribution in [0, 0.1) is 6.92 Å². The fourth-order valence-corrected chi connectivity index (χ4v) is 2.40. The second-order valence-corrected chi connectivity index (χ2v) is 4.98. The zero-order valence-corrected chi connectivity index (χ0v) is 11.5. The Kier molecular flexibility index (Phi) is 4.08. The van der Waals surface area contributed by atoms with Crippen molar-refractivity contribution in [2.75, 3.05) is 12.4 Å². The van der Waals surface area contributed by atoms with Gasteiger partial charge in [0.05, 0.1) is 12.1 Å². The van der Waals surface area contributed by atoms with Crippen LogP contribution in [0.5, 0.6) is 0 Å². The molecule has 1 saturated carbocycles. The van der Waals surface area contributed by atoms with E-state index in [1.54, 1.807) is 13.2 Å². The van der Waals surface area contributed by atoms with Crippen molar-refractivity contribution in [1.29, 1.82) is 0 Å². The Balaban J connectivity index is 2.16. The molecular formula is C12H18N4OS. The summed E-state index contributed by atoms with van der Waals surface area (Å²) in [7, 11) is 1.74. The van der Waals surface area contributed by atoms with Crippen LogP contribution in [0.3, 0.4) is 0 Å². The number of ether oxygens (including phenoxy) is 1. The predicted molar refractivity (Wildman–Crippen MR) is 74.7 cm³/mol. The summed E-state index contributed by atoms with van der Waals surface area (Å²) in [6.45, 7) is 1.90. The standard InChI is InChI=1S/C12H18N4OS/c1-7-6-9(11(13)18)16-12(14-7)15-8-4-3-5-10(8)17-2/h6,8,10H,3-5H2,1-2H3,(H2,13,18)(H,14,15,16). The fraction of sp³-hybridized carbons (Fsp3) is 0.583. The van der Waals surface area contributed by atoms with E-state index in [0.29, 0.717) is 16.6 Å². The molecule has 0 aliphatic heterocycles. The van der Waals surface area contributed by atoms with Crippen molar-refractivity contribution in [3.63, 3.8) is 0 Å². The Morgan fingerprint density at radius 3 is 2.94 bits per heavy atom. The first-order valence-corrected chi connectivity index (χ1v) is 6.46. The molecule has 6 heteroatoms. The molecule has 2 unspecified atom stereocenters. The van der Waals surface area contributed by atoms with Crippen LogP contribution in [0.4, 0.5) is 5.95 Å². The van der Waals surface area contributed by atoms with Gasteiger partial charge in [0.25, 0.3) is 0 Å². The predicted octanol–water partition coefficient (Wildman–Crippen LogP) is 1.40. The lowest BCUT2D eigenvalue weighted by atomic mass is 10.2. The lowest BCUT2D eigenvalue weighted by Gasteiger charge is -2.19. The number of hydrogen-bond acceptors (Lipinski definition) is 5. The lowest BCUT2D eigenvalue weighted by Crippen LogP contribution is -2.31. The van der Waals surface area contributed by atoms with Gasteiger partial charge in [-0.25, -0.2) is 9.97 Å². The maximum atomic E-state index is 5.60. The molecule has 0 aromatic carbocycles. The van der Waals surface area contributed by atoms with Crippen LogP contribution in [-0.2, 0) is 4.74 Å². The Bertz CT molecular complexity index is 452. The Hall–Kier alpha value is -1.27. The molecule has 98 valence electrons. The van der Waals surface area contributed by atoms with Crippen LogP contribution >= 0.6 is 12.2 Å². The molecule has 1 aliphatic rings. The van der Waals surface area contributed by atoms with E-state index < -0.39 is 0 Å². The van der Waals surface area contributed by atoms with Gasteiger partial charge in [-0.2, -0.15) is 0 Å². The number of nitrogens with two attached hydrogens (primary N) is 1. The van der Waals surface area contributed by atoms with E-state index >= 15 is 0 Å². The molecule has 0 radical (unpaired) electrons. The minimum absolute atomic E-state index is 0.224. The van der Waals surface area contributed by atoms with Crippen molar-refractivity contribution < 1.29 is 4.74 Å². The van der Waals surface area contributed by atoms with Crippen molar-refractivity contribution in [3.8, 4) is 0 Å². The molecule has 2 atom stereocenters. The van der Waals surface area contributed by atoms with Crippen molar-refractivity contribution in [1.82, 2.24) is 9.97 Å². The second kappa shape index (κ2) is 5.58. The monoisotopic (exact) mass is 266 g/mol. The fourth-order valence-electron chi connectivity index (χ4n) is 2.30. The minimum Gasteiger partial charge on any atom is -0.388 e. The number of aryl methyl sites for hydroxylation is 1. The van der Waals surface area contributed by atoms with Crippen molar-refractivity contribution >= 4 is 23.2 Å². The topological polar surface area (TPSA) is 73.1 Å². The number of methoxy groups -OCH3 is 1. The third kappa shape index (κ3) is 2.94. The number of nitrogens with zero attached hydrogens (tertiary/aromatic N) is 2. The smallest absolute Gasteiger partial charge is 0.223 e. The van der Waals surface area contributed by atoms with Crippen LogP contribution in [0.15, 0.2) is 6.07 Å².